The van der Waals surface area contributed by atoms with Crippen LogP contribution < -0.4 is 9.64 Å². The first-order valence-corrected chi connectivity index (χ1v) is 10.0. The van der Waals surface area contributed by atoms with Crippen molar-refractivity contribution in [3.63, 3.8) is 0 Å². The third kappa shape index (κ3) is 4.87. The fourth-order valence-corrected chi connectivity index (χ4v) is 4.17. The van der Waals surface area contributed by atoms with Crippen LogP contribution >= 0.6 is 23.7 Å². The van der Waals surface area contributed by atoms with E-state index >= 15 is 0 Å². The number of benzene rings is 1. The summed E-state index contributed by atoms with van der Waals surface area (Å²) in [6.45, 7) is 4.53. The molecule has 0 aliphatic carbocycles. The van der Waals surface area contributed by atoms with E-state index in [2.05, 4.69) is 10.00 Å². The maximum absolute atomic E-state index is 13.2. The Labute approximate surface area is 179 Å². The first kappa shape index (κ1) is 21.5. The van der Waals surface area contributed by atoms with E-state index in [1.807, 2.05) is 18.2 Å². The second-order valence-corrected chi connectivity index (χ2v) is 7.62. The maximum Gasteiger partial charge on any atom is 0.280 e. The molecule has 1 amide bonds. The zero-order chi connectivity index (χ0) is 19.5. The Balaban J connectivity index is 0.00000240. The number of ether oxygens (including phenoxy) is 2. The molecule has 1 aliphatic rings. The molecule has 0 unspecified atom stereocenters. The van der Waals surface area contributed by atoms with Crippen LogP contribution in [0, 0.1) is 0 Å². The number of fused-ring (bicyclic) bond motifs is 1. The number of amides is 1. The Bertz CT molecular complexity index is 970. The zero-order valence-electron chi connectivity index (χ0n) is 16.4. The van der Waals surface area contributed by atoms with Crippen molar-refractivity contribution in [3.05, 3.63) is 36.2 Å². The van der Waals surface area contributed by atoms with E-state index in [1.165, 1.54) is 11.3 Å². The van der Waals surface area contributed by atoms with Gasteiger partial charge in [-0.15, -0.1) is 12.4 Å². The number of hydrogen-bond acceptors (Lipinski definition) is 7. The largest absolute Gasteiger partial charge is 0.497 e. The zero-order valence-corrected chi connectivity index (χ0v) is 18.0. The number of methoxy groups -OCH3 is 1. The number of hydrogen-bond donors (Lipinski definition) is 0. The van der Waals surface area contributed by atoms with Gasteiger partial charge in [-0.2, -0.15) is 5.10 Å². The van der Waals surface area contributed by atoms with Crippen LogP contribution in [0.4, 0.5) is 5.13 Å². The Morgan fingerprint density at radius 1 is 1.31 bits per heavy atom. The lowest BCUT2D eigenvalue weighted by Crippen LogP contribution is -2.43. The molecule has 156 valence electrons. The molecule has 1 aliphatic heterocycles. The normalized spacial score (nSPS) is 14.6. The third-order valence-electron chi connectivity index (χ3n) is 4.74. The number of aryl methyl sites for hydroxylation is 1. The quantitative estimate of drug-likeness (QED) is 0.589. The highest BCUT2D eigenvalue weighted by molar-refractivity contribution is 7.22. The summed E-state index contributed by atoms with van der Waals surface area (Å²) < 4.78 is 13.3. The van der Waals surface area contributed by atoms with Crippen molar-refractivity contribution >= 4 is 45.0 Å². The number of nitrogens with zero attached hydrogens (tertiary/aromatic N) is 5. The van der Waals surface area contributed by atoms with E-state index < -0.39 is 0 Å². The third-order valence-corrected chi connectivity index (χ3v) is 5.78. The highest BCUT2D eigenvalue weighted by Gasteiger charge is 2.24. The molecule has 29 heavy (non-hydrogen) atoms. The Morgan fingerprint density at radius 2 is 2.10 bits per heavy atom. The molecule has 0 bridgehead atoms. The molecule has 4 rings (SSSR count). The molecule has 0 N–H and O–H groups in total. The first-order valence-electron chi connectivity index (χ1n) is 9.20. The second-order valence-electron chi connectivity index (χ2n) is 6.62. The van der Waals surface area contributed by atoms with E-state index in [0.29, 0.717) is 17.4 Å². The summed E-state index contributed by atoms with van der Waals surface area (Å²) in [5, 5.41) is 4.96. The fourth-order valence-electron chi connectivity index (χ4n) is 3.15. The maximum atomic E-state index is 13.2. The summed E-state index contributed by atoms with van der Waals surface area (Å²) in [6.07, 6.45) is 1.77. The van der Waals surface area contributed by atoms with Gasteiger partial charge in [0.25, 0.3) is 5.91 Å². The van der Waals surface area contributed by atoms with Crippen molar-refractivity contribution in [2.75, 3.05) is 51.4 Å². The van der Waals surface area contributed by atoms with Gasteiger partial charge in [0, 0.05) is 39.4 Å². The minimum atomic E-state index is -0.139. The number of rotatable bonds is 6. The fraction of sp³-hybridized carbons (Fsp3) is 0.421. The lowest BCUT2D eigenvalue weighted by Gasteiger charge is -2.29. The average Bonchev–Trinajstić information content (AvgIpc) is 3.34. The van der Waals surface area contributed by atoms with Gasteiger partial charge in [0.2, 0.25) is 0 Å². The molecule has 3 aromatic rings. The minimum absolute atomic E-state index is 0. The van der Waals surface area contributed by atoms with Crippen molar-refractivity contribution in [2.24, 2.45) is 7.05 Å². The summed E-state index contributed by atoms with van der Waals surface area (Å²) in [5.74, 6) is 0.637. The molecule has 2 aromatic heterocycles. The Morgan fingerprint density at radius 3 is 2.79 bits per heavy atom. The predicted octanol–water partition coefficient (Wildman–Crippen LogP) is 2.44. The minimum Gasteiger partial charge on any atom is -0.497 e. The van der Waals surface area contributed by atoms with E-state index in [1.54, 1.807) is 36.0 Å². The first-order chi connectivity index (χ1) is 13.6. The van der Waals surface area contributed by atoms with Gasteiger partial charge in [0.05, 0.1) is 30.5 Å². The van der Waals surface area contributed by atoms with Crippen molar-refractivity contribution in [1.82, 2.24) is 19.7 Å². The van der Waals surface area contributed by atoms with Gasteiger partial charge < -0.3 is 9.47 Å². The van der Waals surface area contributed by atoms with Crippen LogP contribution in [0.2, 0.25) is 0 Å². The Kier molecular flexibility index (Phi) is 7.07. The van der Waals surface area contributed by atoms with Crippen LogP contribution in [0.1, 0.15) is 10.5 Å². The monoisotopic (exact) mass is 437 g/mol. The van der Waals surface area contributed by atoms with Crippen LogP contribution in [0.5, 0.6) is 5.75 Å². The molecule has 0 saturated carbocycles. The molecule has 0 spiro atoms. The van der Waals surface area contributed by atoms with Crippen molar-refractivity contribution in [2.45, 2.75) is 0 Å². The van der Waals surface area contributed by atoms with E-state index in [4.69, 9.17) is 14.5 Å². The number of halogens is 1. The van der Waals surface area contributed by atoms with Crippen LogP contribution in [-0.2, 0) is 11.8 Å². The molecule has 1 aromatic carbocycles. The van der Waals surface area contributed by atoms with E-state index in [9.17, 15) is 4.79 Å². The molecular weight excluding hydrogens is 414 g/mol. The summed E-state index contributed by atoms with van der Waals surface area (Å²) in [5.41, 5.74) is 1.27. The molecule has 3 heterocycles. The van der Waals surface area contributed by atoms with E-state index in [-0.39, 0.29) is 18.3 Å². The predicted molar refractivity (Wildman–Crippen MR) is 116 cm³/mol. The second kappa shape index (κ2) is 9.53. The van der Waals surface area contributed by atoms with Gasteiger partial charge in [0.15, 0.2) is 10.8 Å². The van der Waals surface area contributed by atoms with Crippen molar-refractivity contribution in [1.29, 1.82) is 0 Å². The number of anilines is 1. The number of morpholine rings is 1. The van der Waals surface area contributed by atoms with Gasteiger partial charge in [-0.3, -0.25) is 19.3 Å². The van der Waals surface area contributed by atoms with E-state index in [0.717, 1.165) is 48.8 Å². The SMILES string of the molecule is COc1ccc2nc(N(CCN3CCOCC3)C(=O)c3ccn(C)n3)sc2c1.Cl. The molecule has 1 saturated heterocycles. The summed E-state index contributed by atoms with van der Waals surface area (Å²) in [6, 6.07) is 7.48. The van der Waals surface area contributed by atoms with Gasteiger partial charge >= 0.3 is 0 Å². The molecule has 0 radical (unpaired) electrons. The molecule has 0 atom stereocenters. The van der Waals surface area contributed by atoms with Crippen LogP contribution in [0.25, 0.3) is 10.2 Å². The smallest absolute Gasteiger partial charge is 0.280 e. The molecular formula is C19H24ClN5O3S. The van der Waals surface area contributed by atoms with Crippen molar-refractivity contribution < 1.29 is 14.3 Å². The van der Waals surface area contributed by atoms with Gasteiger partial charge in [-0.05, 0) is 24.3 Å². The number of carbonyl (C=O) groups is 1. The highest BCUT2D eigenvalue weighted by atomic mass is 35.5. The standard InChI is InChI=1S/C19H23N5O3S.ClH/c1-22-6-5-16(21-22)18(25)24(8-7-23-9-11-27-12-10-23)19-20-15-4-3-14(26-2)13-17(15)28-19;/h3-6,13H,7-12H2,1-2H3;1H. The number of aromatic nitrogens is 3. The topological polar surface area (TPSA) is 72.7 Å². The molecule has 8 nitrogen and oxygen atoms in total. The summed E-state index contributed by atoms with van der Waals surface area (Å²) in [7, 11) is 3.45. The van der Waals surface area contributed by atoms with Gasteiger partial charge in [-0.1, -0.05) is 11.3 Å². The lowest BCUT2D eigenvalue weighted by molar-refractivity contribution is 0.0391. The van der Waals surface area contributed by atoms with Gasteiger partial charge in [-0.25, -0.2) is 4.98 Å². The summed E-state index contributed by atoms with van der Waals surface area (Å²) >= 11 is 1.49. The van der Waals surface area contributed by atoms with Crippen LogP contribution in [-0.4, -0.2) is 72.1 Å². The lowest BCUT2D eigenvalue weighted by atomic mass is 10.3. The highest BCUT2D eigenvalue weighted by Crippen LogP contribution is 2.32. The Hall–Kier alpha value is -2.20. The van der Waals surface area contributed by atoms with Gasteiger partial charge in [0.1, 0.15) is 5.75 Å². The molecule has 1 fully saturated rings. The molecule has 10 heteroatoms. The number of carbonyl (C=O) groups excluding carboxylic acids is 1. The number of thiazole rings is 1. The average molecular weight is 438 g/mol. The summed E-state index contributed by atoms with van der Waals surface area (Å²) in [4.78, 5) is 21.9. The van der Waals surface area contributed by atoms with Crippen LogP contribution in [0.15, 0.2) is 30.5 Å². The van der Waals surface area contributed by atoms with Crippen LogP contribution in [0.3, 0.4) is 0 Å². The van der Waals surface area contributed by atoms with Crippen molar-refractivity contribution in [3.8, 4) is 5.75 Å².